The lowest BCUT2D eigenvalue weighted by atomic mass is 10.2. The van der Waals surface area contributed by atoms with E-state index in [9.17, 15) is 4.79 Å². The number of ether oxygens (including phenoxy) is 2. The van der Waals surface area contributed by atoms with E-state index in [1.54, 1.807) is 55.6 Å². The number of methoxy groups -OCH3 is 1. The minimum atomic E-state index is -0.352. The number of hydrogen-bond acceptors (Lipinski definition) is 4. The van der Waals surface area contributed by atoms with Gasteiger partial charge in [-0.25, -0.2) is 0 Å². The molecule has 2 rings (SSSR count). The minimum Gasteiger partial charge on any atom is -0.490 e. The topological polar surface area (TPSA) is 59.6 Å². The fourth-order valence-corrected chi connectivity index (χ4v) is 2.22. The van der Waals surface area contributed by atoms with Crippen molar-refractivity contribution in [3.63, 3.8) is 0 Å². The van der Waals surface area contributed by atoms with Gasteiger partial charge in [0.25, 0.3) is 5.91 Å². The molecule has 2 aromatic rings. The molecule has 0 heterocycles. The van der Waals surface area contributed by atoms with Crippen molar-refractivity contribution < 1.29 is 14.3 Å². The number of amides is 1. The van der Waals surface area contributed by atoms with Gasteiger partial charge in [-0.15, -0.1) is 0 Å². The zero-order chi connectivity index (χ0) is 17.4. The van der Waals surface area contributed by atoms with E-state index in [4.69, 9.17) is 33.3 Å². The lowest BCUT2D eigenvalue weighted by molar-refractivity contribution is 0.0970. The first kappa shape index (κ1) is 18.2. The molecule has 0 aliphatic carbocycles. The standard InChI is InChI=1S/C17H17ClN2O3S/c1-22-10-11-23-15-5-3-2-4-14(15)16(21)20-17(24)19-13-8-6-12(18)7-9-13/h2-9H,10-11H2,1H3,(H2,19,20,21,24). The number of carbonyl (C=O) groups is 1. The molecule has 0 aliphatic rings. The molecule has 0 bridgehead atoms. The number of nitrogens with one attached hydrogen (secondary N) is 2. The van der Waals surface area contributed by atoms with Crippen molar-refractivity contribution in [1.29, 1.82) is 0 Å². The molecular formula is C17H17ClN2O3S. The molecular weight excluding hydrogens is 348 g/mol. The summed E-state index contributed by atoms with van der Waals surface area (Å²) in [7, 11) is 1.59. The summed E-state index contributed by atoms with van der Waals surface area (Å²) in [5.74, 6) is 0.121. The van der Waals surface area contributed by atoms with Crippen molar-refractivity contribution in [1.82, 2.24) is 5.32 Å². The second-order valence-electron chi connectivity index (χ2n) is 4.75. The van der Waals surface area contributed by atoms with Crippen molar-refractivity contribution in [2.75, 3.05) is 25.6 Å². The van der Waals surface area contributed by atoms with Gasteiger partial charge in [-0.1, -0.05) is 23.7 Å². The van der Waals surface area contributed by atoms with E-state index in [0.717, 1.165) is 5.69 Å². The predicted molar refractivity (Wildman–Crippen MR) is 99.0 cm³/mol. The SMILES string of the molecule is COCCOc1ccccc1C(=O)NC(=S)Nc1ccc(Cl)cc1. The molecule has 0 spiro atoms. The summed E-state index contributed by atoms with van der Waals surface area (Å²) in [6, 6.07) is 13.9. The Bertz CT molecular complexity index is 707. The summed E-state index contributed by atoms with van der Waals surface area (Å²) in [5, 5.41) is 6.36. The van der Waals surface area contributed by atoms with Gasteiger partial charge in [-0.05, 0) is 48.6 Å². The summed E-state index contributed by atoms with van der Waals surface area (Å²) >= 11 is 11.0. The van der Waals surface area contributed by atoms with E-state index in [-0.39, 0.29) is 11.0 Å². The number of anilines is 1. The van der Waals surface area contributed by atoms with E-state index >= 15 is 0 Å². The van der Waals surface area contributed by atoms with Crippen LogP contribution in [0.5, 0.6) is 5.75 Å². The Hall–Kier alpha value is -2.15. The van der Waals surface area contributed by atoms with Crippen LogP contribution in [0.3, 0.4) is 0 Å². The number of rotatable bonds is 6. The van der Waals surface area contributed by atoms with E-state index in [2.05, 4.69) is 10.6 Å². The summed E-state index contributed by atoms with van der Waals surface area (Å²) in [5.41, 5.74) is 1.13. The number of para-hydroxylation sites is 1. The number of benzene rings is 2. The summed E-state index contributed by atoms with van der Waals surface area (Å²) in [6.07, 6.45) is 0. The van der Waals surface area contributed by atoms with Crippen molar-refractivity contribution in [2.24, 2.45) is 0 Å². The van der Waals surface area contributed by atoms with Gasteiger partial charge in [-0.3, -0.25) is 10.1 Å². The van der Waals surface area contributed by atoms with Crippen LogP contribution in [0.4, 0.5) is 5.69 Å². The van der Waals surface area contributed by atoms with E-state index in [1.807, 2.05) is 0 Å². The molecule has 5 nitrogen and oxygen atoms in total. The Balaban J connectivity index is 1.98. The maximum atomic E-state index is 12.4. The molecule has 0 fully saturated rings. The van der Waals surface area contributed by atoms with Crippen LogP contribution in [0, 0.1) is 0 Å². The van der Waals surface area contributed by atoms with Crippen LogP contribution in [0.15, 0.2) is 48.5 Å². The number of thiocarbonyl (C=S) groups is 1. The minimum absolute atomic E-state index is 0.189. The molecule has 0 radical (unpaired) electrons. The molecule has 0 saturated heterocycles. The van der Waals surface area contributed by atoms with Crippen LogP contribution in [0.1, 0.15) is 10.4 Å². The fraction of sp³-hybridized carbons (Fsp3) is 0.176. The fourth-order valence-electron chi connectivity index (χ4n) is 1.88. The molecule has 1 amide bonds. The molecule has 2 N–H and O–H groups in total. The molecule has 0 aliphatic heterocycles. The van der Waals surface area contributed by atoms with Gasteiger partial charge in [-0.2, -0.15) is 0 Å². The molecule has 0 saturated carbocycles. The smallest absolute Gasteiger partial charge is 0.261 e. The summed E-state index contributed by atoms with van der Waals surface area (Å²) < 4.78 is 10.5. The third-order valence-electron chi connectivity index (χ3n) is 3.01. The van der Waals surface area contributed by atoms with Gasteiger partial charge in [0, 0.05) is 17.8 Å². The van der Waals surface area contributed by atoms with Crippen molar-refractivity contribution >= 4 is 40.5 Å². The average molecular weight is 365 g/mol. The third kappa shape index (κ3) is 5.49. The lowest BCUT2D eigenvalue weighted by Gasteiger charge is -2.13. The third-order valence-corrected chi connectivity index (χ3v) is 3.46. The van der Waals surface area contributed by atoms with Gasteiger partial charge >= 0.3 is 0 Å². The van der Waals surface area contributed by atoms with E-state index < -0.39 is 0 Å². The summed E-state index contributed by atoms with van der Waals surface area (Å²) in [6.45, 7) is 0.792. The van der Waals surface area contributed by atoms with Gasteiger partial charge in [0.15, 0.2) is 5.11 Å². The predicted octanol–water partition coefficient (Wildman–Crippen LogP) is 3.49. The highest BCUT2D eigenvalue weighted by atomic mass is 35.5. The molecule has 24 heavy (non-hydrogen) atoms. The first-order valence-electron chi connectivity index (χ1n) is 7.19. The zero-order valence-electron chi connectivity index (χ0n) is 13.0. The zero-order valence-corrected chi connectivity index (χ0v) is 14.6. The van der Waals surface area contributed by atoms with Crippen LogP contribution in [-0.4, -0.2) is 31.3 Å². The molecule has 0 aromatic heterocycles. The van der Waals surface area contributed by atoms with E-state index in [0.29, 0.717) is 29.5 Å². The number of hydrogen-bond donors (Lipinski definition) is 2. The molecule has 7 heteroatoms. The van der Waals surface area contributed by atoms with Crippen LogP contribution in [0.25, 0.3) is 0 Å². The molecule has 0 atom stereocenters. The lowest BCUT2D eigenvalue weighted by Crippen LogP contribution is -2.34. The first-order chi connectivity index (χ1) is 11.6. The average Bonchev–Trinajstić information content (AvgIpc) is 2.57. The van der Waals surface area contributed by atoms with Crippen LogP contribution >= 0.6 is 23.8 Å². The monoisotopic (exact) mass is 364 g/mol. The summed E-state index contributed by atoms with van der Waals surface area (Å²) in [4.78, 5) is 12.4. The Morgan fingerprint density at radius 1 is 1.12 bits per heavy atom. The van der Waals surface area contributed by atoms with Crippen LogP contribution < -0.4 is 15.4 Å². The largest absolute Gasteiger partial charge is 0.490 e. The highest BCUT2D eigenvalue weighted by Gasteiger charge is 2.13. The van der Waals surface area contributed by atoms with Crippen molar-refractivity contribution in [2.45, 2.75) is 0 Å². The maximum absolute atomic E-state index is 12.4. The Morgan fingerprint density at radius 3 is 2.54 bits per heavy atom. The Labute approximate surface area is 150 Å². The molecule has 126 valence electrons. The van der Waals surface area contributed by atoms with Gasteiger partial charge in [0.1, 0.15) is 12.4 Å². The highest BCUT2D eigenvalue weighted by molar-refractivity contribution is 7.80. The molecule has 2 aromatic carbocycles. The Morgan fingerprint density at radius 2 is 1.83 bits per heavy atom. The molecule has 0 unspecified atom stereocenters. The van der Waals surface area contributed by atoms with Crippen molar-refractivity contribution in [3.8, 4) is 5.75 Å². The quantitative estimate of drug-likeness (QED) is 0.607. The van der Waals surface area contributed by atoms with Crippen LogP contribution in [-0.2, 0) is 4.74 Å². The second kappa shape index (κ2) is 9.22. The Kier molecular flexibility index (Phi) is 6.99. The second-order valence-corrected chi connectivity index (χ2v) is 5.60. The van der Waals surface area contributed by atoms with Gasteiger partial charge < -0.3 is 14.8 Å². The number of halogens is 1. The van der Waals surface area contributed by atoms with Gasteiger partial charge in [0.2, 0.25) is 0 Å². The van der Waals surface area contributed by atoms with Crippen molar-refractivity contribution in [3.05, 3.63) is 59.1 Å². The highest BCUT2D eigenvalue weighted by Crippen LogP contribution is 2.18. The van der Waals surface area contributed by atoms with Crippen LogP contribution in [0.2, 0.25) is 5.02 Å². The normalized spacial score (nSPS) is 10.1. The first-order valence-corrected chi connectivity index (χ1v) is 7.97. The van der Waals surface area contributed by atoms with Gasteiger partial charge in [0.05, 0.1) is 12.2 Å². The number of carbonyl (C=O) groups excluding carboxylic acids is 1. The maximum Gasteiger partial charge on any atom is 0.261 e. The van der Waals surface area contributed by atoms with E-state index in [1.165, 1.54) is 0 Å².